The number of nitrogens with zero attached hydrogens (tertiary/aromatic N) is 5. The van der Waals surface area contributed by atoms with Crippen LogP contribution in [0, 0.1) is 16.0 Å². The van der Waals surface area contributed by atoms with E-state index in [9.17, 15) is 19.7 Å². The van der Waals surface area contributed by atoms with Crippen LogP contribution < -0.4 is 10.9 Å². The van der Waals surface area contributed by atoms with Crippen LogP contribution in [0.25, 0.3) is 0 Å². The van der Waals surface area contributed by atoms with E-state index in [2.05, 4.69) is 21.0 Å². The topological polar surface area (TPSA) is 137 Å². The van der Waals surface area contributed by atoms with Gasteiger partial charge in [-0.2, -0.15) is 10.2 Å². The van der Waals surface area contributed by atoms with Gasteiger partial charge < -0.3 is 0 Å². The predicted molar refractivity (Wildman–Crippen MR) is 86.6 cm³/mol. The van der Waals surface area contributed by atoms with Crippen molar-refractivity contribution in [3.05, 3.63) is 39.4 Å². The molecule has 1 atom stereocenters. The zero-order valence-electron chi connectivity index (χ0n) is 13.5. The van der Waals surface area contributed by atoms with Gasteiger partial charge >= 0.3 is 5.69 Å². The second kappa shape index (κ2) is 7.75. The molecule has 0 saturated carbocycles. The Morgan fingerprint density at radius 1 is 1.36 bits per heavy atom. The Hall–Kier alpha value is -2.95. The van der Waals surface area contributed by atoms with Gasteiger partial charge in [0, 0.05) is 12.7 Å². The van der Waals surface area contributed by atoms with Gasteiger partial charge in [0.1, 0.15) is 12.4 Å². The van der Waals surface area contributed by atoms with Crippen LogP contribution in [-0.4, -0.2) is 36.3 Å². The Balaban J connectivity index is 1.88. The highest BCUT2D eigenvalue weighted by molar-refractivity contribution is 6.33. The van der Waals surface area contributed by atoms with Gasteiger partial charge in [0.25, 0.3) is 5.91 Å². The molecule has 2 aromatic rings. The summed E-state index contributed by atoms with van der Waals surface area (Å²) in [4.78, 5) is 34.0. The molecule has 0 saturated heterocycles. The van der Waals surface area contributed by atoms with E-state index in [1.54, 1.807) is 6.92 Å². The first kappa shape index (κ1) is 18.4. The molecule has 0 spiro atoms. The molecular formula is C13H16ClN7O4. The zero-order chi connectivity index (χ0) is 18.6. The van der Waals surface area contributed by atoms with Crippen LogP contribution in [0.1, 0.15) is 24.3 Å². The third-order valence-corrected chi connectivity index (χ3v) is 3.57. The van der Waals surface area contributed by atoms with E-state index < -0.39 is 22.7 Å². The minimum atomic E-state index is -0.646. The number of halogens is 1. The van der Waals surface area contributed by atoms with E-state index >= 15 is 0 Å². The zero-order valence-corrected chi connectivity index (χ0v) is 14.2. The summed E-state index contributed by atoms with van der Waals surface area (Å²) in [5.41, 5.74) is 4.33. The fourth-order valence-electron chi connectivity index (χ4n) is 1.92. The van der Waals surface area contributed by atoms with Gasteiger partial charge in [-0.05, 0) is 6.92 Å². The number of nitrogens with one attached hydrogen (secondary N) is 2. The Morgan fingerprint density at radius 2 is 2.08 bits per heavy atom. The monoisotopic (exact) mass is 369 g/mol. The Kier molecular flexibility index (Phi) is 5.70. The van der Waals surface area contributed by atoms with Crippen molar-refractivity contribution in [1.29, 1.82) is 0 Å². The minimum absolute atomic E-state index is 0.000768. The summed E-state index contributed by atoms with van der Waals surface area (Å²) in [6.07, 6.45) is 3.82. The molecule has 12 heteroatoms. The van der Waals surface area contributed by atoms with E-state index in [0.717, 1.165) is 6.20 Å². The van der Waals surface area contributed by atoms with E-state index in [-0.39, 0.29) is 22.9 Å². The number of carbonyl (C=O) groups excluding carboxylic acids is 2. The van der Waals surface area contributed by atoms with E-state index in [0.29, 0.717) is 6.54 Å². The van der Waals surface area contributed by atoms with E-state index in [4.69, 9.17) is 11.6 Å². The summed E-state index contributed by atoms with van der Waals surface area (Å²) < 4.78 is 2.77. The highest BCUT2D eigenvalue weighted by Crippen LogP contribution is 2.13. The van der Waals surface area contributed by atoms with Gasteiger partial charge in [-0.3, -0.25) is 39.9 Å². The Morgan fingerprint density at radius 3 is 2.64 bits per heavy atom. The minimum Gasteiger partial charge on any atom is -0.273 e. The molecule has 0 bridgehead atoms. The summed E-state index contributed by atoms with van der Waals surface area (Å²) >= 11 is 5.91. The molecule has 1 unspecified atom stereocenters. The summed E-state index contributed by atoms with van der Waals surface area (Å²) in [5, 5.41) is 18.6. The number of aryl methyl sites for hydroxylation is 1. The molecule has 25 heavy (non-hydrogen) atoms. The summed E-state index contributed by atoms with van der Waals surface area (Å²) in [5.74, 6) is -1.73. The summed E-state index contributed by atoms with van der Waals surface area (Å²) in [6.45, 7) is 4.09. The smallest absolute Gasteiger partial charge is 0.273 e. The van der Waals surface area contributed by atoms with Crippen LogP contribution in [0.2, 0.25) is 5.02 Å². The quantitative estimate of drug-likeness (QED) is 0.569. The predicted octanol–water partition coefficient (Wildman–Crippen LogP) is 0.758. The average Bonchev–Trinajstić information content (AvgIpc) is 3.18. The molecule has 134 valence electrons. The molecule has 11 nitrogen and oxygen atoms in total. The lowest BCUT2D eigenvalue weighted by Crippen LogP contribution is -2.45. The van der Waals surface area contributed by atoms with Crippen molar-refractivity contribution in [2.75, 3.05) is 0 Å². The Labute approximate surface area is 147 Å². The maximum absolute atomic E-state index is 12.0. The van der Waals surface area contributed by atoms with E-state index in [1.807, 2.05) is 6.92 Å². The van der Waals surface area contributed by atoms with Crippen LogP contribution >= 0.6 is 11.6 Å². The van der Waals surface area contributed by atoms with Crippen molar-refractivity contribution >= 4 is 29.1 Å². The second-order valence-corrected chi connectivity index (χ2v) is 5.61. The lowest BCUT2D eigenvalue weighted by Gasteiger charge is -2.12. The van der Waals surface area contributed by atoms with Crippen molar-refractivity contribution in [2.45, 2.75) is 26.9 Å². The number of aromatic nitrogens is 4. The fraction of sp³-hybridized carbons (Fsp3) is 0.385. The number of amides is 2. The number of carbonyl (C=O) groups is 2. The number of hydrogen-bond acceptors (Lipinski definition) is 6. The maximum Gasteiger partial charge on any atom is 0.306 e. The molecule has 0 aliphatic carbocycles. The molecule has 2 N–H and O–H groups in total. The number of nitro groups is 1. The summed E-state index contributed by atoms with van der Waals surface area (Å²) in [6, 6.07) is 0. The molecular weight excluding hydrogens is 354 g/mol. The SMILES string of the molecule is CCn1cc(Cl)c(C(=O)NNC(=O)C(C)Cn2cc([N+](=O)[O-])cn2)n1. The lowest BCUT2D eigenvalue weighted by atomic mass is 10.2. The largest absolute Gasteiger partial charge is 0.306 e. The normalized spacial score (nSPS) is 11.8. The third kappa shape index (κ3) is 4.53. The number of rotatable bonds is 6. The van der Waals surface area contributed by atoms with Crippen LogP contribution in [0.3, 0.4) is 0 Å². The third-order valence-electron chi connectivity index (χ3n) is 3.29. The van der Waals surface area contributed by atoms with E-state index in [1.165, 1.54) is 21.8 Å². The average molecular weight is 370 g/mol. The first-order valence-corrected chi connectivity index (χ1v) is 7.69. The molecule has 0 aliphatic rings. The van der Waals surface area contributed by atoms with Gasteiger partial charge in [-0.1, -0.05) is 18.5 Å². The molecule has 0 radical (unpaired) electrons. The number of hydrazine groups is 1. The first-order valence-electron chi connectivity index (χ1n) is 7.31. The van der Waals surface area contributed by atoms with Crippen molar-refractivity contribution in [3.8, 4) is 0 Å². The second-order valence-electron chi connectivity index (χ2n) is 5.20. The van der Waals surface area contributed by atoms with Gasteiger partial charge in [-0.25, -0.2) is 0 Å². The first-order chi connectivity index (χ1) is 11.8. The van der Waals surface area contributed by atoms with Crippen LogP contribution in [0.5, 0.6) is 0 Å². The van der Waals surface area contributed by atoms with Gasteiger partial charge in [0.05, 0.1) is 22.4 Å². The fourth-order valence-corrected chi connectivity index (χ4v) is 2.16. The number of hydrogen-bond donors (Lipinski definition) is 2. The van der Waals surface area contributed by atoms with Crippen LogP contribution in [0.15, 0.2) is 18.6 Å². The van der Waals surface area contributed by atoms with Gasteiger partial charge in [0.15, 0.2) is 5.69 Å². The maximum atomic E-state index is 12.0. The highest BCUT2D eigenvalue weighted by atomic mass is 35.5. The molecule has 2 rings (SSSR count). The van der Waals surface area contributed by atoms with Crippen molar-refractivity contribution in [2.24, 2.45) is 5.92 Å². The van der Waals surface area contributed by atoms with Gasteiger partial charge in [-0.15, -0.1) is 0 Å². The standard InChI is InChI=1S/C13H16ClN7O4/c1-3-19-7-10(14)11(18-19)13(23)17-16-12(22)8(2)5-20-6-9(4-15-20)21(24)25/h4,6-8H,3,5H2,1-2H3,(H,16,22)(H,17,23). The lowest BCUT2D eigenvalue weighted by molar-refractivity contribution is -0.385. The van der Waals surface area contributed by atoms with Crippen LogP contribution in [-0.2, 0) is 17.9 Å². The molecule has 0 aliphatic heterocycles. The molecule has 2 aromatic heterocycles. The van der Waals surface area contributed by atoms with Crippen molar-refractivity contribution < 1.29 is 14.5 Å². The molecule has 2 heterocycles. The Bertz CT molecular complexity index is 800. The molecule has 2 amide bonds. The molecule has 0 aromatic carbocycles. The van der Waals surface area contributed by atoms with Gasteiger partial charge in [0.2, 0.25) is 5.91 Å². The van der Waals surface area contributed by atoms with Crippen molar-refractivity contribution in [1.82, 2.24) is 30.4 Å². The highest BCUT2D eigenvalue weighted by Gasteiger charge is 2.19. The summed E-state index contributed by atoms with van der Waals surface area (Å²) in [7, 11) is 0. The molecule has 0 fully saturated rings. The van der Waals surface area contributed by atoms with Crippen LogP contribution in [0.4, 0.5) is 5.69 Å². The van der Waals surface area contributed by atoms with Crippen molar-refractivity contribution in [3.63, 3.8) is 0 Å².